The van der Waals surface area contributed by atoms with Crippen LogP contribution in [0.15, 0.2) is 47.8 Å². The fourth-order valence-electron chi connectivity index (χ4n) is 2.71. The minimum absolute atomic E-state index is 0.0659. The molecular formula is C19H23NO5. The highest BCUT2D eigenvalue weighted by atomic mass is 16.5. The average Bonchev–Trinajstić information content (AvgIpc) is 2.65. The fraction of sp³-hybridized carbons (Fsp3) is 0.368. The van der Waals surface area contributed by atoms with Gasteiger partial charge in [-0.05, 0) is 31.5 Å². The number of ether oxygens (including phenoxy) is 3. The lowest BCUT2D eigenvalue weighted by atomic mass is 9.83. The number of carbonyl (C=O) groups excluding carboxylic acids is 2. The number of hydrogen-bond acceptors (Lipinski definition) is 6. The quantitative estimate of drug-likeness (QED) is 0.765. The Morgan fingerprint density at radius 2 is 1.40 bits per heavy atom. The number of hydrogen-bond donors (Lipinski definition) is 0. The summed E-state index contributed by atoms with van der Waals surface area (Å²) in [5.41, 5.74) is 1.53. The molecule has 1 aromatic rings. The van der Waals surface area contributed by atoms with Gasteiger partial charge < -0.3 is 19.1 Å². The topological polar surface area (TPSA) is 65.1 Å². The Morgan fingerprint density at radius 3 is 1.76 bits per heavy atom. The van der Waals surface area contributed by atoms with E-state index in [1.807, 2.05) is 26.0 Å². The maximum atomic E-state index is 12.4. The van der Waals surface area contributed by atoms with Gasteiger partial charge in [0, 0.05) is 18.4 Å². The van der Waals surface area contributed by atoms with Crippen molar-refractivity contribution in [3.63, 3.8) is 0 Å². The first kappa shape index (κ1) is 18.6. The number of methoxy groups -OCH3 is 3. The minimum atomic E-state index is -0.569. The van der Waals surface area contributed by atoms with E-state index >= 15 is 0 Å². The first-order valence-electron chi connectivity index (χ1n) is 7.94. The maximum absolute atomic E-state index is 12.4. The van der Waals surface area contributed by atoms with Crippen LogP contribution in [0.2, 0.25) is 0 Å². The van der Waals surface area contributed by atoms with Gasteiger partial charge in [-0.15, -0.1) is 0 Å². The number of benzene rings is 1. The van der Waals surface area contributed by atoms with Crippen LogP contribution in [-0.2, 0) is 19.1 Å². The van der Waals surface area contributed by atoms with Crippen molar-refractivity contribution >= 4 is 11.9 Å². The largest absolute Gasteiger partial charge is 0.497 e. The SMILES string of the molecule is COC(=O)C1=CN(C(C)C)C=C(C(=O)OC)C1c1ccc(OC)cc1. The summed E-state index contributed by atoms with van der Waals surface area (Å²) in [5, 5.41) is 0. The zero-order chi connectivity index (χ0) is 18.6. The van der Waals surface area contributed by atoms with Gasteiger partial charge in [-0.2, -0.15) is 0 Å². The van der Waals surface area contributed by atoms with Gasteiger partial charge in [0.25, 0.3) is 0 Å². The predicted molar refractivity (Wildman–Crippen MR) is 92.9 cm³/mol. The molecule has 0 bridgehead atoms. The van der Waals surface area contributed by atoms with E-state index in [-0.39, 0.29) is 6.04 Å². The molecule has 0 aliphatic carbocycles. The molecule has 0 N–H and O–H groups in total. The van der Waals surface area contributed by atoms with Crippen LogP contribution in [0.4, 0.5) is 0 Å². The second kappa shape index (κ2) is 7.88. The highest BCUT2D eigenvalue weighted by molar-refractivity contribution is 5.98. The normalized spacial score (nSPS) is 14.7. The second-order valence-electron chi connectivity index (χ2n) is 5.90. The molecule has 0 unspecified atom stereocenters. The van der Waals surface area contributed by atoms with E-state index in [0.29, 0.717) is 16.9 Å². The number of carbonyl (C=O) groups is 2. The Hall–Kier alpha value is -2.76. The van der Waals surface area contributed by atoms with Gasteiger partial charge >= 0.3 is 11.9 Å². The van der Waals surface area contributed by atoms with E-state index in [9.17, 15) is 9.59 Å². The van der Waals surface area contributed by atoms with Gasteiger partial charge in [-0.1, -0.05) is 12.1 Å². The maximum Gasteiger partial charge on any atom is 0.336 e. The van der Waals surface area contributed by atoms with Crippen molar-refractivity contribution in [2.24, 2.45) is 0 Å². The van der Waals surface area contributed by atoms with Crippen LogP contribution in [0.25, 0.3) is 0 Å². The predicted octanol–water partition coefficient (Wildman–Crippen LogP) is 2.62. The van der Waals surface area contributed by atoms with Crippen molar-refractivity contribution < 1.29 is 23.8 Å². The molecule has 0 fully saturated rings. The molecule has 6 nitrogen and oxygen atoms in total. The molecule has 0 radical (unpaired) electrons. The summed E-state index contributed by atoms with van der Waals surface area (Å²) in [5.74, 6) is -0.849. The molecule has 0 saturated carbocycles. The summed E-state index contributed by atoms with van der Waals surface area (Å²) >= 11 is 0. The van der Waals surface area contributed by atoms with Gasteiger partial charge in [0.2, 0.25) is 0 Å². The van der Waals surface area contributed by atoms with Crippen molar-refractivity contribution in [2.75, 3.05) is 21.3 Å². The van der Waals surface area contributed by atoms with E-state index in [2.05, 4.69) is 0 Å². The van der Waals surface area contributed by atoms with Crippen LogP contribution in [0.1, 0.15) is 25.3 Å². The van der Waals surface area contributed by atoms with Crippen molar-refractivity contribution in [2.45, 2.75) is 25.8 Å². The van der Waals surface area contributed by atoms with E-state index < -0.39 is 17.9 Å². The van der Waals surface area contributed by atoms with Crippen LogP contribution < -0.4 is 4.74 Å². The van der Waals surface area contributed by atoms with Crippen LogP contribution >= 0.6 is 0 Å². The van der Waals surface area contributed by atoms with Crippen molar-refractivity contribution in [1.29, 1.82) is 0 Å². The van der Waals surface area contributed by atoms with Gasteiger partial charge in [0.1, 0.15) is 5.75 Å². The van der Waals surface area contributed by atoms with Gasteiger partial charge in [0.15, 0.2) is 0 Å². The van der Waals surface area contributed by atoms with Crippen LogP contribution in [0.3, 0.4) is 0 Å². The van der Waals surface area contributed by atoms with Crippen molar-refractivity contribution in [1.82, 2.24) is 4.90 Å². The third-order valence-electron chi connectivity index (χ3n) is 4.09. The average molecular weight is 345 g/mol. The molecule has 0 saturated heterocycles. The Balaban J connectivity index is 2.58. The summed E-state index contributed by atoms with van der Waals surface area (Å²) < 4.78 is 15.1. The van der Waals surface area contributed by atoms with E-state index in [0.717, 1.165) is 5.56 Å². The third-order valence-corrected chi connectivity index (χ3v) is 4.09. The molecule has 25 heavy (non-hydrogen) atoms. The third kappa shape index (κ3) is 3.84. The number of nitrogens with zero attached hydrogens (tertiary/aromatic N) is 1. The van der Waals surface area contributed by atoms with Gasteiger partial charge in [0.05, 0.1) is 38.4 Å². The van der Waals surface area contributed by atoms with E-state index in [4.69, 9.17) is 14.2 Å². The molecule has 0 atom stereocenters. The molecule has 0 amide bonds. The summed E-state index contributed by atoms with van der Waals surface area (Å²) in [4.78, 5) is 26.6. The van der Waals surface area contributed by atoms with E-state index in [1.165, 1.54) is 14.2 Å². The van der Waals surface area contributed by atoms with Gasteiger partial charge in [-0.3, -0.25) is 0 Å². The molecule has 0 aromatic heterocycles. The lowest BCUT2D eigenvalue weighted by Gasteiger charge is -2.32. The first-order valence-corrected chi connectivity index (χ1v) is 7.94. The monoisotopic (exact) mass is 345 g/mol. The molecule has 1 aliphatic rings. The smallest absolute Gasteiger partial charge is 0.336 e. The Bertz CT molecular complexity index is 669. The molecule has 0 spiro atoms. The van der Waals surface area contributed by atoms with Crippen LogP contribution in [0.5, 0.6) is 5.75 Å². The molecule has 1 aromatic carbocycles. The Kier molecular flexibility index (Phi) is 5.85. The molecule has 2 rings (SSSR count). The number of rotatable bonds is 5. The molecule has 1 heterocycles. The zero-order valence-corrected chi connectivity index (χ0v) is 15.1. The highest BCUT2D eigenvalue weighted by Gasteiger charge is 2.35. The lowest BCUT2D eigenvalue weighted by Crippen LogP contribution is -2.31. The minimum Gasteiger partial charge on any atom is -0.497 e. The summed E-state index contributed by atoms with van der Waals surface area (Å²) in [6, 6.07) is 7.28. The van der Waals surface area contributed by atoms with Crippen LogP contribution in [-0.4, -0.2) is 44.2 Å². The second-order valence-corrected chi connectivity index (χ2v) is 5.90. The fourth-order valence-corrected chi connectivity index (χ4v) is 2.71. The molecule has 1 aliphatic heterocycles. The Morgan fingerprint density at radius 1 is 0.920 bits per heavy atom. The lowest BCUT2D eigenvalue weighted by molar-refractivity contribution is -0.137. The standard InChI is InChI=1S/C19H23NO5/c1-12(2)20-10-15(18(21)24-4)17(16(11-20)19(22)25-5)13-6-8-14(23-3)9-7-13/h6-12,17H,1-5H3. The molecular weight excluding hydrogens is 322 g/mol. The van der Waals surface area contributed by atoms with Crippen molar-refractivity contribution in [3.8, 4) is 5.75 Å². The summed E-state index contributed by atoms with van der Waals surface area (Å²) in [6.45, 7) is 3.93. The van der Waals surface area contributed by atoms with Crippen LogP contribution in [0, 0.1) is 0 Å². The highest BCUT2D eigenvalue weighted by Crippen LogP contribution is 2.38. The summed E-state index contributed by atoms with van der Waals surface area (Å²) in [7, 11) is 4.23. The Labute approximate surface area is 147 Å². The molecule has 134 valence electrons. The zero-order valence-electron chi connectivity index (χ0n) is 15.1. The summed E-state index contributed by atoms with van der Waals surface area (Å²) in [6.07, 6.45) is 3.44. The molecule has 6 heteroatoms. The number of esters is 2. The first-order chi connectivity index (χ1) is 11.9. The van der Waals surface area contributed by atoms with Crippen molar-refractivity contribution in [3.05, 3.63) is 53.4 Å². The van der Waals surface area contributed by atoms with E-state index in [1.54, 1.807) is 36.5 Å². The van der Waals surface area contributed by atoms with Gasteiger partial charge in [-0.25, -0.2) is 9.59 Å².